The van der Waals surface area contributed by atoms with Gasteiger partial charge in [0.25, 0.3) is 5.56 Å². The molecule has 0 aliphatic heterocycles. The Kier molecular flexibility index (Phi) is 3.68. The van der Waals surface area contributed by atoms with Gasteiger partial charge in [-0.2, -0.15) is 5.10 Å². The van der Waals surface area contributed by atoms with E-state index in [0.717, 1.165) is 37.0 Å². The number of hydrogen-bond acceptors (Lipinski definition) is 6. The van der Waals surface area contributed by atoms with Crippen molar-refractivity contribution in [3.8, 4) is 16.1 Å². The molecule has 0 unspecified atom stereocenters. The SMILES string of the molecule is Cc1cc2ncnn2cc1-c1cc2[nH]c(=O)n(-c3cncc4ccccc34)c(=O)c2s1. The lowest BCUT2D eigenvalue weighted by Gasteiger charge is -2.07. The predicted molar refractivity (Wildman–Crippen MR) is 120 cm³/mol. The van der Waals surface area contributed by atoms with Crippen molar-refractivity contribution in [1.82, 2.24) is 29.1 Å². The standard InChI is InChI=1S/C22H14N6O2S/c1-12-6-19-24-11-25-27(19)10-15(12)18-7-16-20(31-18)21(29)28(22(30)26-16)17-9-23-8-13-4-2-3-5-14(13)17/h2-11H,1H3,(H,26,30). The van der Waals surface area contributed by atoms with Gasteiger partial charge in [-0.1, -0.05) is 24.3 Å². The van der Waals surface area contributed by atoms with Gasteiger partial charge < -0.3 is 4.98 Å². The second-order valence-corrected chi connectivity index (χ2v) is 8.29. The zero-order valence-electron chi connectivity index (χ0n) is 16.2. The first-order valence-electron chi connectivity index (χ1n) is 9.52. The first-order chi connectivity index (χ1) is 15.1. The van der Waals surface area contributed by atoms with Crippen LogP contribution in [0.5, 0.6) is 0 Å². The summed E-state index contributed by atoms with van der Waals surface area (Å²) in [5.74, 6) is 0. The summed E-state index contributed by atoms with van der Waals surface area (Å²) in [6.07, 6.45) is 6.64. The van der Waals surface area contributed by atoms with Crippen LogP contribution in [0.15, 0.2) is 70.9 Å². The van der Waals surface area contributed by atoms with Crippen LogP contribution < -0.4 is 11.2 Å². The molecule has 0 spiro atoms. The molecule has 0 bridgehead atoms. The Bertz CT molecular complexity index is 1750. The van der Waals surface area contributed by atoms with E-state index in [1.54, 1.807) is 16.9 Å². The van der Waals surface area contributed by atoms with E-state index < -0.39 is 5.69 Å². The van der Waals surface area contributed by atoms with Crippen LogP contribution in [0.4, 0.5) is 0 Å². The number of rotatable bonds is 2. The first kappa shape index (κ1) is 17.7. The van der Waals surface area contributed by atoms with Crippen molar-refractivity contribution >= 4 is 38.0 Å². The first-order valence-corrected chi connectivity index (χ1v) is 10.3. The lowest BCUT2D eigenvalue weighted by atomic mass is 10.1. The minimum Gasteiger partial charge on any atom is -0.306 e. The van der Waals surface area contributed by atoms with Crippen LogP contribution in [0.3, 0.4) is 0 Å². The Morgan fingerprint density at radius 2 is 1.97 bits per heavy atom. The van der Waals surface area contributed by atoms with E-state index in [9.17, 15) is 9.59 Å². The van der Waals surface area contributed by atoms with E-state index >= 15 is 0 Å². The normalized spacial score (nSPS) is 11.6. The van der Waals surface area contributed by atoms with Crippen molar-refractivity contribution in [3.05, 3.63) is 87.7 Å². The number of aryl methyl sites for hydroxylation is 1. The fourth-order valence-electron chi connectivity index (χ4n) is 3.85. The van der Waals surface area contributed by atoms with Crippen LogP contribution >= 0.6 is 11.3 Å². The van der Waals surface area contributed by atoms with Gasteiger partial charge >= 0.3 is 5.69 Å². The molecule has 0 saturated heterocycles. The maximum Gasteiger partial charge on any atom is 0.333 e. The third-order valence-corrected chi connectivity index (χ3v) is 6.51. The zero-order chi connectivity index (χ0) is 21.1. The van der Waals surface area contributed by atoms with Gasteiger partial charge in [0.15, 0.2) is 5.65 Å². The lowest BCUT2D eigenvalue weighted by Crippen LogP contribution is -2.33. The van der Waals surface area contributed by atoms with E-state index in [4.69, 9.17) is 0 Å². The fraction of sp³-hybridized carbons (Fsp3) is 0.0455. The minimum absolute atomic E-state index is 0.368. The van der Waals surface area contributed by atoms with Crippen molar-refractivity contribution in [2.45, 2.75) is 6.92 Å². The number of fused-ring (bicyclic) bond motifs is 3. The summed E-state index contributed by atoms with van der Waals surface area (Å²) >= 11 is 1.34. The second kappa shape index (κ2) is 6.44. The molecule has 0 saturated carbocycles. The molecule has 0 aliphatic carbocycles. The van der Waals surface area contributed by atoms with Crippen LogP contribution in [-0.4, -0.2) is 29.1 Å². The minimum atomic E-state index is -0.497. The molecule has 0 radical (unpaired) electrons. The van der Waals surface area contributed by atoms with E-state index in [1.165, 1.54) is 17.7 Å². The summed E-state index contributed by atoms with van der Waals surface area (Å²) in [5, 5.41) is 5.84. The Morgan fingerprint density at radius 3 is 2.87 bits per heavy atom. The average Bonchev–Trinajstić information content (AvgIpc) is 3.39. The van der Waals surface area contributed by atoms with Crippen molar-refractivity contribution in [1.29, 1.82) is 0 Å². The number of hydrogen-bond donors (Lipinski definition) is 1. The van der Waals surface area contributed by atoms with Gasteiger partial charge in [0, 0.05) is 33.6 Å². The maximum absolute atomic E-state index is 13.4. The van der Waals surface area contributed by atoms with Gasteiger partial charge in [0.1, 0.15) is 11.0 Å². The summed E-state index contributed by atoms with van der Waals surface area (Å²) in [5.41, 5.74) is 2.79. The number of nitrogens with zero attached hydrogens (tertiary/aromatic N) is 5. The van der Waals surface area contributed by atoms with Crippen molar-refractivity contribution in [3.63, 3.8) is 0 Å². The topological polar surface area (TPSA) is 97.9 Å². The highest BCUT2D eigenvalue weighted by molar-refractivity contribution is 7.22. The highest BCUT2D eigenvalue weighted by atomic mass is 32.1. The smallest absolute Gasteiger partial charge is 0.306 e. The number of thiophene rings is 1. The Labute approximate surface area is 178 Å². The molecule has 5 aromatic heterocycles. The number of H-pyrrole nitrogens is 1. The van der Waals surface area contributed by atoms with Crippen LogP contribution in [0, 0.1) is 6.92 Å². The Balaban J connectivity index is 1.62. The van der Waals surface area contributed by atoms with Crippen LogP contribution in [0.1, 0.15) is 5.56 Å². The third kappa shape index (κ3) is 2.63. The van der Waals surface area contributed by atoms with Crippen molar-refractivity contribution in [2.24, 2.45) is 0 Å². The summed E-state index contributed by atoms with van der Waals surface area (Å²) in [6.45, 7) is 1.98. The Morgan fingerprint density at radius 1 is 1.10 bits per heavy atom. The number of nitrogens with one attached hydrogen (secondary N) is 1. The molecule has 6 rings (SSSR count). The average molecular weight is 426 g/mol. The molecule has 1 aromatic carbocycles. The highest BCUT2D eigenvalue weighted by Gasteiger charge is 2.17. The van der Waals surface area contributed by atoms with Gasteiger partial charge in [0.2, 0.25) is 0 Å². The zero-order valence-corrected chi connectivity index (χ0v) is 17.1. The quantitative estimate of drug-likeness (QED) is 0.458. The molecule has 0 amide bonds. The summed E-state index contributed by atoms with van der Waals surface area (Å²) in [4.78, 5) is 38.4. The molecular weight excluding hydrogens is 412 g/mol. The van der Waals surface area contributed by atoms with E-state index in [2.05, 4.69) is 20.1 Å². The molecule has 6 aromatic rings. The summed E-state index contributed by atoms with van der Waals surface area (Å²) in [7, 11) is 0. The maximum atomic E-state index is 13.4. The number of pyridine rings is 2. The molecular formula is C22H14N6O2S. The lowest BCUT2D eigenvalue weighted by molar-refractivity contribution is 0.905. The fourth-order valence-corrected chi connectivity index (χ4v) is 4.97. The second-order valence-electron chi connectivity index (χ2n) is 7.24. The molecule has 5 heterocycles. The van der Waals surface area contributed by atoms with Gasteiger partial charge in [0.05, 0.1) is 17.4 Å². The number of aromatic amines is 1. The number of aromatic nitrogens is 6. The van der Waals surface area contributed by atoms with Crippen LogP contribution in [0.2, 0.25) is 0 Å². The molecule has 31 heavy (non-hydrogen) atoms. The van der Waals surface area contributed by atoms with Gasteiger partial charge in [-0.3, -0.25) is 9.78 Å². The Hall–Kier alpha value is -4.11. The summed E-state index contributed by atoms with van der Waals surface area (Å²) in [6, 6.07) is 11.3. The van der Waals surface area contributed by atoms with Crippen molar-refractivity contribution in [2.75, 3.05) is 0 Å². The van der Waals surface area contributed by atoms with Crippen molar-refractivity contribution < 1.29 is 0 Å². The molecule has 1 N–H and O–H groups in total. The monoisotopic (exact) mass is 426 g/mol. The number of benzene rings is 1. The molecule has 150 valence electrons. The third-order valence-electron chi connectivity index (χ3n) is 5.35. The van der Waals surface area contributed by atoms with Crippen LogP contribution in [-0.2, 0) is 0 Å². The van der Waals surface area contributed by atoms with Gasteiger partial charge in [-0.15, -0.1) is 11.3 Å². The van der Waals surface area contributed by atoms with E-state index in [1.807, 2.05) is 49.5 Å². The van der Waals surface area contributed by atoms with Crippen LogP contribution in [0.25, 0.3) is 42.8 Å². The van der Waals surface area contributed by atoms with E-state index in [0.29, 0.717) is 15.9 Å². The molecule has 0 aliphatic rings. The predicted octanol–water partition coefficient (Wildman–Crippen LogP) is 3.31. The van der Waals surface area contributed by atoms with Gasteiger partial charge in [-0.05, 0) is 24.6 Å². The van der Waals surface area contributed by atoms with Gasteiger partial charge in [-0.25, -0.2) is 18.9 Å². The molecule has 9 heteroatoms. The summed E-state index contributed by atoms with van der Waals surface area (Å²) < 4.78 is 3.32. The van der Waals surface area contributed by atoms with E-state index in [-0.39, 0.29) is 5.56 Å². The highest BCUT2D eigenvalue weighted by Crippen LogP contribution is 2.33. The molecule has 8 nitrogen and oxygen atoms in total. The largest absolute Gasteiger partial charge is 0.333 e. The molecule has 0 fully saturated rings. The molecule has 0 atom stereocenters.